The molecule has 0 aromatic rings. The highest BCUT2D eigenvalue weighted by molar-refractivity contribution is 5.25. The molecule has 0 spiro atoms. The molecular formula is C14H25NO. The van der Waals surface area contributed by atoms with Crippen LogP contribution in [-0.2, 0) is 4.74 Å². The SMILES string of the molecule is CCCCOCC1(CNCCC)C=CC=C1. The number of nitrogens with one attached hydrogen (secondary N) is 1. The summed E-state index contributed by atoms with van der Waals surface area (Å²) in [5, 5.41) is 3.48. The van der Waals surface area contributed by atoms with Crippen molar-refractivity contribution in [3.63, 3.8) is 0 Å². The van der Waals surface area contributed by atoms with Crippen LogP contribution in [0, 0.1) is 5.41 Å². The van der Waals surface area contributed by atoms with E-state index in [-0.39, 0.29) is 5.41 Å². The van der Waals surface area contributed by atoms with E-state index in [0.717, 1.165) is 32.7 Å². The summed E-state index contributed by atoms with van der Waals surface area (Å²) in [7, 11) is 0. The summed E-state index contributed by atoms with van der Waals surface area (Å²) >= 11 is 0. The van der Waals surface area contributed by atoms with Crippen LogP contribution >= 0.6 is 0 Å². The molecule has 2 nitrogen and oxygen atoms in total. The number of rotatable bonds is 9. The van der Waals surface area contributed by atoms with Crippen LogP contribution in [0.4, 0.5) is 0 Å². The van der Waals surface area contributed by atoms with E-state index >= 15 is 0 Å². The van der Waals surface area contributed by atoms with E-state index in [1.54, 1.807) is 0 Å². The molecule has 0 bridgehead atoms. The quantitative estimate of drug-likeness (QED) is 0.607. The van der Waals surface area contributed by atoms with Crippen LogP contribution in [0.2, 0.25) is 0 Å². The second-order valence-electron chi connectivity index (χ2n) is 4.53. The monoisotopic (exact) mass is 223 g/mol. The second-order valence-corrected chi connectivity index (χ2v) is 4.53. The van der Waals surface area contributed by atoms with Crippen molar-refractivity contribution in [2.45, 2.75) is 33.1 Å². The van der Waals surface area contributed by atoms with Crippen molar-refractivity contribution in [3.05, 3.63) is 24.3 Å². The fraction of sp³-hybridized carbons (Fsp3) is 0.714. The molecule has 0 aliphatic heterocycles. The van der Waals surface area contributed by atoms with Gasteiger partial charge in [0, 0.05) is 18.6 Å². The van der Waals surface area contributed by atoms with Gasteiger partial charge >= 0.3 is 0 Å². The van der Waals surface area contributed by atoms with Gasteiger partial charge in [0.25, 0.3) is 0 Å². The minimum atomic E-state index is 0.100. The summed E-state index contributed by atoms with van der Waals surface area (Å²) in [6.45, 7) is 8.14. The number of ether oxygens (including phenoxy) is 1. The molecule has 1 rings (SSSR count). The second kappa shape index (κ2) is 7.64. The van der Waals surface area contributed by atoms with Gasteiger partial charge in [-0.05, 0) is 19.4 Å². The first-order chi connectivity index (χ1) is 7.83. The first kappa shape index (κ1) is 13.5. The van der Waals surface area contributed by atoms with E-state index in [9.17, 15) is 0 Å². The van der Waals surface area contributed by atoms with Gasteiger partial charge in [0.05, 0.1) is 6.61 Å². The van der Waals surface area contributed by atoms with Gasteiger partial charge in [0.15, 0.2) is 0 Å². The first-order valence-electron chi connectivity index (χ1n) is 6.48. The molecule has 0 radical (unpaired) electrons. The highest BCUT2D eigenvalue weighted by Gasteiger charge is 2.25. The van der Waals surface area contributed by atoms with Crippen LogP contribution in [0.1, 0.15) is 33.1 Å². The first-order valence-corrected chi connectivity index (χ1v) is 6.48. The molecule has 0 fully saturated rings. The van der Waals surface area contributed by atoms with E-state index in [1.807, 2.05) is 0 Å². The van der Waals surface area contributed by atoms with Crippen LogP contribution in [0.3, 0.4) is 0 Å². The van der Waals surface area contributed by atoms with Crippen LogP contribution in [0.15, 0.2) is 24.3 Å². The number of hydrogen-bond acceptors (Lipinski definition) is 2. The predicted molar refractivity (Wildman–Crippen MR) is 69.6 cm³/mol. The maximum Gasteiger partial charge on any atom is 0.0604 e. The zero-order valence-corrected chi connectivity index (χ0v) is 10.7. The Morgan fingerprint density at radius 1 is 1.12 bits per heavy atom. The summed E-state index contributed by atoms with van der Waals surface area (Å²) in [5.41, 5.74) is 0.100. The molecule has 0 saturated heterocycles. The maximum absolute atomic E-state index is 5.75. The lowest BCUT2D eigenvalue weighted by Gasteiger charge is -2.25. The molecular weight excluding hydrogens is 198 g/mol. The van der Waals surface area contributed by atoms with E-state index in [1.165, 1.54) is 12.8 Å². The predicted octanol–water partition coefficient (Wildman–Crippen LogP) is 2.92. The van der Waals surface area contributed by atoms with Crippen molar-refractivity contribution >= 4 is 0 Å². The van der Waals surface area contributed by atoms with E-state index in [2.05, 4.69) is 43.5 Å². The average molecular weight is 223 g/mol. The summed E-state index contributed by atoms with van der Waals surface area (Å²) in [6.07, 6.45) is 12.3. The smallest absolute Gasteiger partial charge is 0.0604 e. The van der Waals surface area contributed by atoms with E-state index < -0.39 is 0 Å². The van der Waals surface area contributed by atoms with Gasteiger partial charge in [-0.15, -0.1) is 0 Å². The maximum atomic E-state index is 5.75. The third-order valence-electron chi connectivity index (χ3n) is 2.86. The normalized spacial score (nSPS) is 17.1. The molecule has 1 aliphatic carbocycles. The summed E-state index contributed by atoms with van der Waals surface area (Å²) in [6, 6.07) is 0. The van der Waals surface area contributed by atoms with Crippen LogP contribution < -0.4 is 5.32 Å². The van der Waals surface area contributed by atoms with E-state index in [4.69, 9.17) is 4.74 Å². The number of unbranched alkanes of at least 4 members (excludes halogenated alkanes) is 1. The van der Waals surface area contributed by atoms with Crippen molar-refractivity contribution in [1.29, 1.82) is 0 Å². The third-order valence-corrected chi connectivity index (χ3v) is 2.86. The summed E-state index contributed by atoms with van der Waals surface area (Å²) in [5.74, 6) is 0. The molecule has 0 atom stereocenters. The lowest BCUT2D eigenvalue weighted by molar-refractivity contribution is 0.0859. The highest BCUT2D eigenvalue weighted by atomic mass is 16.5. The fourth-order valence-corrected chi connectivity index (χ4v) is 1.82. The topological polar surface area (TPSA) is 21.3 Å². The molecule has 0 heterocycles. The Labute approximate surface area is 99.8 Å². The fourth-order valence-electron chi connectivity index (χ4n) is 1.82. The van der Waals surface area contributed by atoms with Gasteiger partial charge < -0.3 is 10.1 Å². The van der Waals surface area contributed by atoms with Crippen molar-refractivity contribution in [2.24, 2.45) is 5.41 Å². The Hall–Kier alpha value is -0.600. The summed E-state index contributed by atoms with van der Waals surface area (Å²) in [4.78, 5) is 0. The standard InChI is InChI=1S/C14H25NO/c1-3-5-11-16-13-14(8-6-7-9-14)12-15-10-4-2/h6-9,15H,3-5,10-13H2,1-2H3. The third kappa shape index (κ3) is 4.50. The Morgan fingerprint density at radius 3 is 2.50 bits per heavy atom. The average Bonchev–Trinajstić information content (AvgIpc) is 2.74. The molecule has 1 aliphatic rings. The molecule has 0 amide bonds. The minimum absolute atomic E-state index is 0.100. The number of hydrogen-bond donors (Lipinski definition) is 1. The van der Waals surface area contributed by atoms with Gasteiger partial charge in [-0.1, -0.05) is 44.6 Å². The molecule has 16 heavy (non-hydrogen) atoms. The molecule has 92 valence electrons. The van der Waals surface area contributed by atoms with Crippen molar-refractivity contribution < 1.29 is 4.74 Å². The Bertz CT molecular complexity index is 221. The molecule has 0 aromatic carbocycles. The van der Waals surface area contributed by atoms with Crippen molar-refractivity contribution in [1.82, 2.24) is 5.32 Å². The summed E-state index contributed by atoms with van der Waals surface area (Å²) < 4.78 is 5.75. The van der Waals surface area contributed by atoms with Crippen LogP contribution in [0.5, 0.6) is 0 Å². The van der Waals surface area contributed by atoms with Crippen LogP contribution in [0.25, 0.3) is 0 Å². The Kier molecular flexibility index (Phi) is 6.43. The Morgan fingerprint density at radius 2 is 1.88 bits per heavy atom. The van der Waals surface area contributed by atoms with Gasteiger partial charge in [-0.2, -0.15) is 0 Å². The zero-order chi connectivity index (χ0) is 11.7. The largest absolute Gasteiger partial charge is 0.380 e. The number of allylic oxidation sites excluding steroid dienone is 2. The zero-order valence-electron chi connectivity index (χ0n) is 10.7. The molecule has 0 aromatic heterocycles. The van der Waals surface area contributed by atoms with Crippen molar-refractivity contribution in [2.75, 3.05) is 26.3 Å². The Balaban J connectivity index is 2.29. The van der Waals surface area contributed by atoms with Gasteiger partial charge in [0.2, 0.25) is 0 Å². The van der Waals surface area contributed by atoms with Gasteiger partial charge in [-0.3, -0.25) is 0 Å². The lowest BCUT2D eigenvalue weighted by Crippen LogP contribution is -2.34. The lowest BCUT2D eigenvalue weighted by atomic mass is 9.91. The molecule has 0 saturated carbocycles. The minimum Gasteiger partial charge on any atom is -0.380 e. The molecule has 1 N–H and O–H groups in total. The highest BCUT2D eigenvalue weighted by Crippen LogP contribution is 2.25. The van der Waals surface area contributed by atoms with Crippen molar-refractivity contribution in [3.8, 4) is 0 Å². The van der Waals surface area contributed by atoms with E-state index in [0.29, 0.717) is 0 Å². The molecule has 0 unspecified atom stereocenters. The van der Waals surface area contributed by atoms with Crippen LogP contribution in [-0.4, -0.2) is 26.3 Å². The molecule has 2 heteroatoms. The van der Waals surface area contributed by atoms with Gasteiger partial charge in [0.1, 0.15) is 0 Å². The van der Waals surface area contributed by atoms with Gasteiger partial charge in [-0.25, -0.2) is 0 Å².